The van der Waals surface area contributed by atoms with Gasteiger partial charge in [0.25, 0.3) is 5.91 Å². The minimum absolute atomic E-state index is 0.0217. The fourth-order valence-corrected chi connectivity index (χ4v) is 3.73. The number of ether oxygens (including phenoxy) is 2. The van der Waals surface area contributed by atoms with Gasteiger partial charge in [-0.2, -0.15) is 0 Å². The summed E-state index contributed by atoms with van der Waals surface area (Å²) in [6.07, 6.45) is 2.34. The molecule has 0 atom stereocenters. The lowest BCUT2D eigenvalue weighted by Crippen LogP contribution is -2.46. The number of likely N-dealkylation sites (tertiary alicyclic amines) is 1. The third-order valence-corrected chi connectivity index (χ3v) is 5.44. The summed E-state index contributed by atoms with van der Waals surface area (Å²) < 4.78 is 10.7. The van der Waals surface area contributed by atoms with Crippen molar-refractivity contribution in [1.82, 2.24) is 10.2 Å². The third kappa shape index (κ3) is 6.99. The molecule has 2 amide bonds. The standard InChI is InChI=1S/C24H27ClN2O5/c1-17(28)32-20-7-4-6-18(16-20)24(30)27-13-11-19(12-14-27)26-23(29)10-5-15-31-22-9-3-2-8-21(22)25/h2-4,6-9,16,19H,5,10-15H2,1H3,(H,26,29). The van der Waals surface area contributed by atoms with Crippen molar-refractivity contribution in [1.29, 1.82) is 0 Å². The van der Waals surface area contributed by atoms with E-state index in [0.717, 1.165) is 0 Å². The van der Waals surface area contributed by atoms with Crippen molar-refractivity contribution in [3.05, 3.63) is 59.1 Å². The molecule has 1 heterocycles. The fourth-order valence-electron chi connectivity index (χ4n) is 3.54. The summed E-state index contributed by atoms with van der Waals surface area (Å²) in [7, 11) is 0. The van der Waals surface area contributed by atoms with Crippen LogP contribution in [0.1, 0.15) is 43.0 Å². The highest BCUT2D eigenvalue weighted by atomic mass is 35.5. The Bertz CT molecular complexity index is 957. The number of hydrogen-bond acceptors (Lipinski definition) is 5. The summed E-state index contributed by atoms with van der Waals surface area (Å²) in [4.78, 5) is 37.9. The number of nitrogens with zero attached hydrogens (tertiary/aromatic N) is 1. The number of esters is 1. The molecule has 32 heavy (non-hydrogen) atoms. The normalized spacial score (nSPS) is 14.0. The number of nitrogens with one attached hydrogen (secondary N) is 1. The zero-order valence-electron chi connectivity index (χ0n) is 18.0. The van der Waals surface area contributed by atoms with E-state index in [9.17, 15) is 14.4 Å². The molecule has 8 heteroatoms. The SMILES string of the molecule is CC(=O)Oc1cccc(C(=O)N2CCC(NC(=O)CCCOc3ccccc3Cl)CC2)c1. The molecule has 170 valence electrons. The molecule has 0 unspecified atom stereocenters. The minimum atomic E-state index is -0.429. The van der Waals surface area contributed by atoms with Crippen molar-refractivity contribution in [3.63, 3.8) is 0 Å². The summed E-state index contributed by atoms with van der Waals surface area (Å²) in [5.74, 6) is 0.405. The van der Waals surface area contributed by atoms with Crippen LogP contribution in [0, 0.1) is 0 Å². The lowest BCUT2D eigenvalue weighted by molar-refractivity contribution is -0.132. The second-order valence-electron chi connectivity index (χ2n) is 7.64. The van der Waals surface area contributed by atoms with Crippen LogP contribution in [0.4, 0.5) is 0 Å². The maximum atomic E-state index is 12.8. The van der Waals surface area contributed by atoms with Gasteiger partial charge in [0.2, 0.25) is 5.91 Å². The highest BCUT2D eigenvalue weighted by Gasteiger charge is 2.24. The summed E-state index contributed by atoms with van der Waals surface area (Å²) >= 11 is 6.04. The van der Waals surface area contributed by atoms with Gasteiger partial charge in [-0.15, -0.1) is 0 Å². The second kappa shape index (κ2) is 11.5. The van der Waals surface area contributed by atoms with E-state index in [1.165, 1.54) is 6.92 Å². The summed E-state index contributed by atoms with van der Waals surface area (Å²) in [6.45, 7) is 2.84. The quantitative estimate of drug-likeness (QED) is 0.369. The molecule has 0 radical (unpaired) electrons. The first-order chi connectivity index (χ1) is 15.4. The van der Waals surface area contributed by atoms with E-state index in [2.05, 4.69) is 5.32 Å². The Morgan fingerprint density at radius 1 is 1.09 bits per heavy atom. The van der Waals surface area contributed by atoms with Crippen LogP contribution in [0.5, 0.6) is 11.5 Å². The van der Waals surface area contributed by atoms with Crippen LogP contribution < -0.4 is 14.8 Å². The molecule has 1 aliphatic rings. The molecule has 0 aromatic heterocycles. The number of halogens is 1. The maximum Gasteiger partial charge on any atom is 0.308 e. The summed E-state index contributed by atoms with van der Waals surface area (Å²) in [6, 6.07) is 13.9. The number of rotatable bonds is 8. The van der Waals surface area contributed by atoms with Crippen molar-refractivity contribution in [3.8, 4) is 11.5 Å². The fraction of sp³-hybridized carbons (Fsp3) is 0.375. The van der Waals surface area contributed by atoms with Gasteiger partial charge < -0.3 is 19.7 Å². The number of hydrogen-bond donors (Lipinski definition) is 1. The average molecular weight is 459 g/mol. The number of amides is 2. The predicted octanol–water partition coefficient (Wildman–Crippen LogP) is 3.85. The highest BCUT2D eigenvalue weighted by molar-refractivity contribution is 6.32. The van der Waals surface area contributed by atoms with Gasteiger partial charge in [0, 0.05) is 38.0 Å². The molecule has 3 rings (SSSR count). The largest absolute Gasteiger partial charge is 0.492 e. The first-order valence-corrected chi connectivity index (χ1v) is 11.0. The molecular weight excluding hydrogens is 432 g/mol. The highest BCUT2D eigenvalue weighted by Crippen LogP contribution is 2.23. The summed E-state index contributed by atoms with van der Waals surface area (Å²) in [5, 5.41) is 3.60. The lowest BCUT2D eigenvalue weighted by Gasteiger charge is -2.32. The van der Waals surface area contributed by atoms with Crippen LogP contribution in [-0.2, 0) is 9.59 Å². The molecule has 7 nitrogen and oxygen atoms in total. The smallest absolute Gasteiger partial charge is 0.308 e. The van der Waals surface area contributed by atoms with Crippen molar-refractivity contribution >= 4 is 29.4 Å². The van der Waals surface area contributed by atoms with E-state index in [0.29, 0.717) is 67.5 Å². The molecule has 2 aromatic carbocycles. The van der Waals surface area contributed by atoms with Crippen molar-refractivity contribution < 1.29 is 23.9 Å². The minimum Gasteiger partial charge on any atom is -0.492 e. The molecule has 0 spiro atoms. The van der Waals surface area contributed by atoms with Crippen LogP contribution in [0.25, 0.3) is 0 Å². The van der Waals surface area contributed by atoms with Gasteiger partial charge in [-0.25, -0.2) is 0 Å². The molecular formula is C24H27ClN2O5. The first-order valence-electron chi connectivity index (χ1n) is 10.7. The van der Waals surface area contributed by atoms with Gasteiger partial charge in [-0.3, -0.25) is 14.4 Å². The Labute approximate surface area is 192 Å². The van der Waals surface area contributed by atoms with E-state index >= 15 is 0 Å². The molecule has 1 N–H and O–H groups in total. The van der Waals surface area contributed by atoms with Gasteiger partial charge in [0.15, 0.2) is 0 Å². The number of carbonyl (C=O) groups excluding carboxylic acids is 3. The first kappa shape index (κ1) is 23.6. The van der Waals surface area contributed by atoms with Gasteiger partial charge in [0.05, 0.1) is 11.6 Å². The number of benzene rings is 2. The average Bonchev–Trinajstić information content (AvgIpc) is 2.77. The van der Waals surface area contributed by atoms with Crippen LogP contribution in [-0.4, -0.2) is 48.4 Å². The van der Waals surface area contributed by atoms with Gasteiger partial charge >= 0.3 is 5.97 Å². The van der Waals surface area contributed by atoms with Gasteiger partial charge in [0.1, 0.15) is 11.5 Å². The van der Waals surface area contributed by atoms with E-state index < -0.39 is 5.97 Å². The van der Waals surface area contributed by atoms with Gasteiger partial charge in [-0.05, 0) is 49.6 Å². The van der Waals surface area contributed by atoms with Crippen molar-refractivity contribution in [2.45, 2.75) is 38.6 Å². The van der Waals surface area contributed by atoms with Crippen LogP contribution in [0.3, 0.4) is 0 Å². The molecule has 1 saturated heterocycles. The maximum absolute atomic E-state index is 12.8. The van der Waals surface area contributed by atoms with Crippen molar-refractivity contribution in [2.24, 2.45) is 0 Å². The van der Waals surface area contributed by atoms with E-state index in [1.807, 2.05) is 12.1 Å². The number of para-hydroxylation sites is 1. The van der Waals surface area contributed by atoms with Gasteiger partial charge in [-0.1, -0.05) is 29.8 Å². The Balaban J connectivity index is 1.38. The molecule has 0 bridgehead atoms. The van der Waals surface area contributed by atoms with E-state index in [4.69, 9.17) is 21.1 Å². The Morgan fingerprint density at radius 3 is 2.56 bits per heavy atom. The molecule has 1 aliphatic heterocycles. The zero-order valence-corrected chi connectivity index (χ0v) is 18.8. The number of carbonyl (C=O) groups is 3. The molecule has 0 aliphatic carbocycles. The zero-order chi connectivity index (χ0) is 22.9. The second-order valence-corrected chi connectivity index (χ2v) is 8.05. The Kier molecular flexibility index (Phi) is 8.50. The third-order valence-electron chi connectivity index (χ3n) is 5.13. The Morgan fingerprint density at radius 2 is 1.84 bits per heavy atom. The topological polar surface area (TPSA) is 84.9 Å². The van der Waals surface area contributed by atoms with E-state index in [-0.39, 0.29) is 17.9 Å². The van der Waals surface area contributed by atoms with Crippen molar-refractivity contribution in [2.75, 3.05) is 19.7 Å². The number of piperidine rings is 1. The predicted molar refractivity (Wildman–Crippen MR) is 121 cm³/mol. The molecule has 1 fully saturated rings. The van der Waals surface area contributed by atoms with E-state index in [1.54, 1.807) is 41.3 Å². The molecule has 2 aromatic rings. The van der Waals surface area contributed by atoms with Crippen LogP contribution in [0.15, 0.2) is 48.5 Å². The van der Waals surface area contributed by atoms with Crippen LogP contribution in [0.2, 0.25) is 5.02 Å². The Hall–Kier alpha value is -3.06. The van der Waals surface area contributed by atoms with Crippen LogP contribution >= 0.6 is 11.6 Å². The monoisotopic (exact) mass is 458 g/mol. The lowest BCUT2D eigenvalue weighted by atomic mass is 10.0. The molecule has 0 saturated carbocycles. The summed E-state index contributed by atoms with van der Waals surface area (Å²) in [5.41, 5.74) is 0.477.